The van der Waals surface area contributed by atoms with Gasteiger partial charge in [0.25, 0.3) is 0 Å². The summed E-state index contributed by atoms with van der Waals surface area (Å²) in [5.74, 6) is 0. The van der Waals surface area contributed by atoms with Gasteiger partial charge in [-0.25, -0.2) is 0 Å². The Kier molecular flexibility index (Phi) is 3.52. The lowest BCUT2D eigenvalue weighted by Crippen LogP contribution is -1.96. The predicted molar refractivity (Wildman–Crippen MR) is 90.3 cm³/mol. The van der Waals surface area contributed by atoms with Crippen molar-refractivity contribution in [1.82, 2.24) is 0 Å². The van der Waals surface area contributed by atoms with Crippen molar-refractivity contribution in [3.05, 3.63) is 78.4 Å². The van der Waals surface area contributed by atoms with Crippen molar-refractivity contribution in [2.24, 2.45) is 5.73 Å². The Morgan fingerprint density at radius 1 is 0.857 bits per heavy atom. The zero-order valence-electron chi connectivity index (χ0n) is 11.6. The van der Waals surface area contributed by atoms with Gasteiger partial charge < -0.3 is 11.1 Å². The van der Waals surface area contributed by atoms with Crippen LogP contribution in [0.15, 0.2) is 72.8 Å². The maximum Gasteiger partial charge on any atom is 0.0402 e. The zero-order chi connectivity index (χ0) is 14.7. The first-order valence-corrected chi connectivity index (χ1v) is 6.84. The molecule has 0 aromatic heterocycles. The third-order valence-electron chi connectivity index (χ3n) is 3.58. The van der Waals surface area contributed by atoms with Gasteiger partial charge in [0.1, 0.15) is 0 Å². The van der Waals surface area contributed by atoms with Crippen molar-refractivity contribution in [3.8, 4) is 11.1 Å². The number of fused-ring (bicyclic) bond motifs is 1. The van der Waals surface area contributed by atoms with Gasteiger partial charge in [-0.05, 0) is 33.5 Å². The SMILES string of the molecule is N=C/C=C(\N)c1ccc(-c2cccc3ccccc23)cc1. The molecule has 0 radical (unpaired) electrons. The molecule has 0 aliphatic rings. The molecular formula is C19H16N2. The van der Waals surface area contributed by atoms with E-state index in [4.69, 9.17) is 11.1 Å². The van der Waals surface area contributed by atoms with Crippen molar-refractivity contribution >= 4 is 22.7 Å². The molecule has 3 aromatic rings. The lowest BCUT2D eigenvalue weighted by Gasteiger charge is -2.08. The van der Waals surface area contributed by atoms with Crippen molar-refractivity contribution in [3.63, 3.8) is 0 Å². The molecule has 3 rings (SSSR count). The van der Waals surface area contributed by atoms with Crippen LogP contribution in [0.4, 0.5) is 0 Å². The van der Waals surface area contributed by atoms with Crippen LogP contribution in [-0.4, -0.2) is 6.21 Å². The molecule has 0 fully saturated rings. The van der Waals surface area contributed by atoms with Gasteiger partial charge in [-0.3, -0.25) is 0 Å². The summed E-state index contributed by atoms with van der Waals surface area (Å²) < 4.78 is 0. The summed E-state index contributed by atoms with van der Waals surface area (Å²) in [6.07, 6.45) is 2.79. The van der Waals surface area contributed by atoms with Gasteiger partial charge in [0, 0.05) is 11.9 Å². The van der Waals surface area contributed by atoms with E-state index in [0.717, 1.165) is 5.56 Å². The van der Waals surface area contributed by atoms with E-state index >= 15 is 0 Å². The quantitative estimate of drug-likeness (QED) is 0.680. The van der Waals surface area contributed by atoms with Crippen LogP contribution in [0.3, 0.4) is 0 Å². The molecule has 0 bridgehead atoms. The summed E-state index contributed by atoms with van der Waals surface area (Å²) in [6, 6.07) is 22.8. The highest BCUT2D eigenvalue weighted by Crippen LogP contribution is 2.29. The minimum absolute atomic E-state index is 0.606. The normalized spacial score (nSPS) is 11.5. The Morgan fingerprint density at radius 3 is 2.33 bits per heavy atom. The molecule has 0 spiro atoms. The first-order valence-electron chi connectivity index (χ1n) is 6.84. The Bertz CT molecular complexity index is 809. The Labute approximate surface area is 124 Å². The molecule has 3 N–H and O–H groups in total. The van der Waals surface area contributed by atoms with E-state index in [-0.39, 0.29) is 0 Å². The second kappa shape index (κ2) is 5.63. The first kappa shape index (κ1) is 13.1. The molecule has 0 amide bonds. The van der Waals surface area contributed by atoms with E-state index < -0.39 is 0 Å². The first-order chi connectivity index (χ1) is 10.3. The zero-order valence-corrected chi connectivity index (χ0v) is 11.6. The fourth-order valence-electron chi connectivity index (χ4n) is 2.51. The van der Waals surface area contributed by atoms with E-state index in [1.165, 1.54) is 28.1 Å². The van der Waals surface area contributed by atoms with Crippen LogP contribution in [-0.2, 0) is 0 Å². The highest BCUT2D eigenvalue weighted by Gasteiger charge is 2.03. The van der Waals surface area contributed by atoms with Crippen LogP contribution in [0.25, 0.3) is 27.6 Å². The molecule has 102 valence electrons. The van der Waals surface area contributed by atoms with Gasteiger partial charge >= 0.3 is 0 Å². The van der Waals surface area contributed by atoms with E-state index in [9.17, 15) is 0 Å². The number of allylic oxidation sites excluding steroid dienone is 1. The molecule has 0 aliphatic heterocycles. The number of benzene rings is 3. The van der Waals surface area contributed by atoms with Crippen molar-refractivity contribution in [2.45, 2.75) is 0 Å². The molecule has 0 atom stereocenters. The Balaban J connectivity index is 2.08. The molecule has 2 nitrogen and oxygen atoms in total. The Hall–Kier alpha value is -2.87. The number of hydrogen-bond acceptors (Lipinski definition) is 2. The molecule has 0 aliphatic carbocycles. The Morgan fingerprint density at radius 2 is 1.57 bits per heavy atom. The highest BCUT2D eigenvalue weighted by atomic mass is 14.6. The highest BCUT2D eigenvalue weighted by molar-refractivity contribution is 5.96. The molecule has 0 unspecified atom stereocenters. The van der Waals surface area contributed by atoms with Crippen LogP contribution in [0.2, 0.25) is 0 Å². The van der Waals surface area contributed by atoms with Gasteiger partial charge in [0.15, 0.2) is 0 Å². The molecule has 21 heavy (non-hydrogen) atoms. The van der Waals surface area contributed by atoms with Crippen LogP contribution in [0, 0.1) is 5.41 Å². The number of nitrogens with two attached hydrogens (primary N) is 1. The average molecular weight is 272 g/mol. The summed E-state index contributed by atoms with van der Waals surface area (Å²) in [5.41, 5.74) is 9.82. The summed E-state index contributed by atoms with van der Waals surface area (Å²) in [6.45, 7) is 0. The van der Waals surface area contributed by atoms with Gasteiger partial charge in [0.05, 0.1) is 0 Å². The monoisotopic (exact) mass is 272 g/mol. The van der Waals surface area contributed by atoms with E-state index in [1.54, 1.807) is 6.08 Å². The van der Waals surface area contributed by atoms with Crippen LogP contribution < -0.4 is 5.73 Å². The number of nitrogens with one attached hydrogen (secondary N) is 1. The minimum Gasteiger partial charge on any atom is -0.398 e. The summed E-state index contributed by atoms with van der Waals surface area (Å²) in [4.78, 5) is 0. The summed E-state index contributed by atoms with van der Waals surface area (Å²) in [5, 5.41) is 9.55. The van der Waals surface area contributed by atoms with Crippen LogP contribution in [0.5, 0.6) is 0 Å². The van der Waals surface area contributed by atoms with Crippen molar-refractivity contribution < 1.29 is 0 Å². The van der Waals surface area contributed by atoms with E-state index in [0.29, 0.717) is 5.70 Å². The molecule has 0 heterocycles. The molecular weight excluding hydrogens is 256 g/mol. The van der Waals surface area contributed by atoms with E-state index in [1.807, 2.05) is 12.1 Å². The van der Waals surface area contributed by atoms with Gasteiger partial charge in [-0.1, -0.05) is 66.7 Å². The van der Waals surface area contributed by atoms with Crippen molar-refractivity contribution in [1.29, 1.82) is 5.41 Å². The molecule has 0 saturated heterocycles. The number of hydrogen-bond donors (Lipinski definition) is 2. The lowest BCUT2D eigenvalue weighted by molar-refractivity contribution is 1.51. The largest absolute Gasteiger partial charge is 0.398 e. The van der Waals surface area contributed by atoms with E-state index in [2.05, 4.69) is 54.6 Å². The van der Waals surface area contributed by atoms with Gasteiger partial charge in [-0.2, -0.15) is 0 Å². The molecule has 2 heteroatoms. The van der Waals surface area contributed by atoms with Gasteiger partial charge in [-0.15, -0.1) is 0 Å². The van der Waals surface area contributed by atoms with Crippen LogP contribution >= 0.6 is 0 Å². The molecule has 3 aromatic carbocycles. The fourth-order valence-corrected chi connectivity index (χ4v) is 2.51. The van der Waals surface area contributed by atoms with Crippen molar-refractivity contribution in [2.75, 3.05) is 0 Å². The average Bonchev–Trinajstić information content (AvgIpc) is 2.55. The predicted octanol–water partition coefficient (Wildman–Crippen LogP) is 4.46. The van der Waals surface area contributed by atoms with Gasteiger partial charge in [0.2, 0.25) is 0 Å². The maximum absolute atomic E-state index is 7.07. The smallest absolute Gasteiger partial charge is 0.0402 e. The minimum atomic E-state index is 0.606. The molecule has 0 saturated carbocycles. The summed E-state index contributed by atoms with van der Waals surface area (Å²) in [7, 11) is 0. The topological polar surface area (TPSA) is 49.9 Å². The van der Waals surface area contributed by atoms with Crippen LogP contribution in [0.1, 0.15) is 5.56 Å². The summed E-state index contributed by atoms with van der Waals surface area (Å²) >= 11 is 0. The standard InChI is InChI=1S/C19H16N2/c20-13-12-19(21)16-10-8-15(9-11-16)18-7-3-5-14-4-1-2-6-17(14)18/h1-13,20H,21H2/b19-12-,20-13?. The fraction of sp³-hybridized carbons (Fsp3) is 0. The third-order valence-corrected chi connectivity index (χ3v) is 3.58. The second-order valence-electron chi connectivity index (χ2n) is 4.89. The maximum atomic E-state index is 7.07. The number of rotatable bonds is 3. The second-order valence-corrected chi connectivity index (χ2v) is 4.89. The lowest BCUT2D eigenvalue weighted by atomic mass is 9.97. The third kappa shape index (κ3) is 2.56.